The van der Waals surface area contributed by atoms with Crippen LogP contribution in [-0.2, 0) is 0 Å². The molecule has 3 N–H and O–H groups in total. The van der Waals surface area contributed by atoms with Crippen LogP contribution < -0.4 is 15.8 Å². The summed E-state index contributed by atoms with van der Waals surface area (Å²) >= 11 is 0. The van der Waals surface area contributed by atoms with Crippen LogP contribution in [0.5, 0.6) is 5.75 Å². The third kappa shape index (κ3) is 4.33. The second kappa shape index (κ2) is 6.68. The second-order valence-corrected chi connectivity index (χ2v) is 4.31. The molecule has 1 fully saturated rings. The average molecular weight is 293 g/mol. The number of halogens is 3. The number of rotatable bonds is 4. The molecule has 0 spiro atoms. The molecule has 0 aliphatic heterocycles. The first-order valence-corrected chi connectivity index (χ1v) is 5.66. The molecule has 1 saturated carbocycles. The van der Waals surface area contributed by atoms with Crippen molar-refractivity contribution in [2.75, 3.05) is 0 Å². The second-order valence-electron chi connectivity index (χ2n) is 4.31. The highest BCUT2D eigenvalue weighted by atomic mass is 35.5. The Bertz CT molecular complexity index is 439. The van der Waals surface area contributed by atoms with Crippen molar-refractivity contribution in [2.45, 2.75) is 31.5 Å². The number of ether oxygens (including phenoxy) is 1. The Kier molecular flexibility index (Phi) is 5.50. The van der Waals surface area contributed by atoms with Gasteiger partial charge >= 0.3 is 6.61 Å². The summed E-state index contributed by atoms with van der Waals surface area (Å²) in [5.74, 6) is -0.324. The molecule has 1 aromatic carbocycles. The Balaban J connectivity index is 0.00000180. The molecule has 1 aliphatic rings. The number of hydrogen-bond acceptors (Lipinski definition) is 3. The first-order chi connectivity index (χ1) is 8.54. The molecule has 0 aromatic heterocycles. The minimum Gasteiger partial charge on any atom is -0.435 e. The van der Waals surface area contributed by atoms with Crippen molar-refractivity contribution in [3.8, 4) is 5.75 Å². The molecule has 0 atom stereocenters. The van der Waals surface area contributed by atoms with E-state index in [9.17, 15) is 13.6 Å². The van der Waals surface area contributed by atoms with Crippen molar-refractivity contribution < 1.29 is 18.3 Å². The lowest BCUT2D eigenvalue weighted by Crippen LogP contribution is -2.50. The van der Waals surface area contributed by atoms with E-state index in [1.807, 2.05) is 0 Å². The zero-order valence-electron chi connectivity index (χ0n) is 10.0. The van der Waals surface area contributed by atoms with E-state index in [0.717, 1.165) is 12.8 Å². The van der Waals surface area contributed by atoms with Crippen molar-refractivity contribution >= 4 is 18.3 Å². The van der Waals surface area contributed by atoms with Crippen LogP contribution in [0.25, 0.3) is 0 Å². The van der Waals surface area contributed by atoms with Gasteiger partial charge in [0.2, 0.25) is 0 Å². The Morgan fingerprint density at radius 3 is 2.68 bits per heavy atom. The quantitative estimate of drug-likeness (QED) is 0.891. The number of nitrogens with one attached hydrogen (secondary N) is 1. The summed E-state index contributed by atoms with van der Waals surface area (Å²) in [4.78, 5) is 11.8. The first-order valence-electron chi connectivity index (χ1n) is 5.66. The largest absolute Gasteiger partial charge is 0.435 e. The van der Waals surface area contributed by atoms with Gasteiger partial charge in [-0.15, -0.1) is 12.4 Å². The summed E-state index contributed by atoms with van der Waals surface area (Å²) in [6.45, 7) is -2.90. The average Bonchev–Trinajstić information content (AvgIpc) is 2.26. The SMILES string of the molecule is Cl.NC1CC(NC(=O)c2cccc(OC(F)F)c2)C1. The van der Waals surface area contributed by atoms with E-state index in [1.165, 1.54) is 18.2 Å². The van der Waals surface area contributed by atoms with E-state index in [-0.39, 0.29) is 36.1 Å². The minimum atomic E-state index is -2.90. The maximum atomic E-state index is 12.0. The molecule has 1 aromatic rings. The third-order valence-corrected chi connectivity index (χ3v) is 2.83. The summed E-state index contributed by atoms with van der Waals surface area (Å²) in [5.41, 5.74) is 5.91. The summed E-state index contributed by atoms with van der Waals surface area (Å²) < 4.78 is 28.3. The van der Waals surface area contributed by atoms with Crippen LogP contribution >= 0.6 is 12.4 Å². The number of alkyl halides is 2. The van der Waals surface area contributed by atoms with Crippen molar-refractivity contribution in [2.24, 2.45) is 5.73 Å². The van der Waals surface area contributed by atoms with E-state index in [4.69, 9.17) is 5.73 Å². The molecule has 1 amide bonds. The number of hydrogen-bond donors (Lipinski definition) is 2. The molecular weight excluding hydrogens is 278 g/mol. The molecule has 19 heavy (non-hydrogen) atoms. The van der Waals surface area contributed by atoms with Crippen LogP contribution in [0.1, 0.15) is 23.2 Å². The number of amides is 1. The van der Waals surface area contributed by atoms with Gasteiger partial charge < -0.3 is 15.8 Å². The molecule has 0 bridgehead atoms. The smallest absolute Gasteiger partial charge is 0.387 e. The van der Waals surface area contributed by atoms with Crippen molar-refractivity contribution in [3.05, 3.63) is 29.8 Å². The molecular formula is C12H15ClF2N2O2. The van der Waals surface area contributed by atoms with Gasteiger partial charge in [-0.25, -0.2) is 0 Å². The predicted molar refractivity (Wildman–Crippen MR) is 68.8 cm³/mol. The Morgan fingerprint density at radius 2 is 2.11 bits per heavy atom. The summed E-state index contributed by atoms with van der Waals surface area (Å²) in [6.07, 6.45) is 1.50. The van der Waals surface area contributed by atoms with Crippen LogP contribution in [0, 0.1) is 0 Å². The molecule has 106 valence electrons. The normalized spacial score (nSPS) is 21.3. The highest BCUT2D eigenvalue weighted by molar-refractivity contribution is 5.94. The molecule has 0 unspecified atom stereocenters. The van der Waals surface area contributed by atoms with Gasteiger partial charge in [-0.05, 0) is 31.0 Å². The van der Waals surface area contributed by atoms with E-state index in [0.29, 0.717) is 5.56 Å². The van der Waals surface area contributed by atoms with Gasteiger partial charge in [0.05, 0.1) is 0 Å². The van der Waals surface area contributed by atoms with E-state index < -0.39 is 6.61 Å². The van der Waals surface area contributed by atoms with Crippen LogP contribution in [0.4, 0.5) is 8.78 Å². The number of carbonyl (C=O) groups is 1. The van der Waals surface area contributed by atoms with E-state index >= 15 is 0 Å². The fourth-order valence-corrected chi connectivity index (χ4v) is 1.86. The zero-order chi connectivity index (χ0) is 13.1. The molecule has 1 aliphatic carbocycles. The monoisotopic (exact) mass is 292 g/mol. The zero-order valence-corrected chi connectivity index (χ0v) is 10.8. The molecule has 0 heterocycles. The third-order valence-electron chi connectivity index (χ3n) is 2.83. The van der Waals surface area contributed by atoms with Gasteiger partial charge in [0, 0.05) is 17.6 Å². The van der Waals surface area contributed by atoms with Crippen LogP contribution in [0.2, 0.25) is 0 Å². The van der Waals surface area contributed by atoms with Crippen LogP contribution in [0.15, 0.2) is 24.3 Å². The Hall–Kier alpha value is -1.40. The minimum absolute atomic E-state index is 0. The number of carbonyl (C=O) groups excluding carboxylic acids is 1. The lowest BCUT2D eigenvalue weighted by Gasteiger charge is -2.32. The van der Waals surface area contributed by atoms with Gasteiger partial charge in [0.25, 0.3) is 5.91 Å². The number of benzene rings is 1. The fraction of sp³-hybridized carbons (Fsp3) is 0.417. The Labute approximate surface area is 115 Å². The summed E-state index contributed by atoms with van der Waals surface area (Å²) in [5, 5.41) is 2.78. The van der Waals surface area contributed by atoms with Crippen molar-refractivity contribution in [3.63, 3.8) is 0 Å². The molecule has 0 radical (unpaired) electrons. The lowest BCUT2D eigenvalue weighted by molar-refractivity contribution is -0.0498. The van der Waals surface area contributed by atoms with Gasteiger partial charge in [0.15, 0.2) is 0 Å². The predicted octanol–water partition coefficient (Wildman–Crippen LogP) is 1.93. The van der Waals surface area contributed by atoms with Gasteiger partial charge in [-0.2, -0.15) is 8.78 Å². The molecule has 7 heteroatoms. The topological polar surface area (TPSA) is 64.3 Å². The highest BCUT2D eigenvalue weighted by Crippen LogP contribution is 2.19. The molecule has 2 rings (SSSR count). The maximum Gasteiger partial charge on any atom is 0.387 e. The van der Waals surface area contributed by atoms with Crippen molar-refractivity contribution in [1.29, 1.82) is 0 Å². The standard InChI is InChI=1S/C12H14F2N2O2.ClH/c13-12(14)18-10-3-1-2-7(4-10)11(17)16-9-5-8(15)6-9;/h1-4,8-9,12H,5-6,15H2,(H,16,17);1H. The maximum absolute atomic E-state index is 12.0. The molecule has 4 nitrogen and oxygen atoms in total. The summed E-state index contributed by atoms with van der Waals surface area (Å²) in [7, 11) is 0. The van der Waals surface area contributed by atoms with E-state index in [2.05, 4.69) is 10.1 Å². The van der Waals surface area contributed by atoms with E-state index in [1.54, 1.807) is 6.07 Å². The first kappa shape index (κ1) is 15.7. The van der Waals surface area contributed by atoms with Gasteiger partial charge in [0.1, 0.15) is 5.75 Å². The van der Waals surface area contributed by atoms with Crippen LogP contribution in [0.3, 0.4) is 0 Å². The Morgan fingerprint density at radius 1 is 1.42 bits per heavy atom. The van der Waals surface area contributed by atoms with Crippen molar-refractivity contribution in [1.82, 2.24) is 5.32 Å². The lowest BCUT2D eigenvalue weighted by atomic mass is 9.87. The van der Waals surface area contributed by atoms with Gasteiger partial charge in [-0.3, -0.25) is 4.79 Å². The van der Waals surface area contributed by atoms with Gasteiger partial charge in [-0.1, -0.05) is 6.07 Å². The number of nitrogens with two attached hydrogens (primary N) is 1. The summed E-state index contributed by atoms with van der Waals surface area (Å²) in [6, 6.07) is 5.93. The van der Waals surface area contributed by atoms with Crippen LogP contribution in [-0.4, -0.2) is 24.6 Å². The highest BCUT2D eigenvalue weighted by Gasteiger charge is 2.27. The fourth-order valence-electron chi connectivity index (χ4n) is 1.86. The molecule has 0 saturated heterocycles.